The molecule has 210 valence electrons. The lowest BCUT2D eigenvalue weighted by Gasteiger charge is -2.14. The van der Waals surface area contributed by atoms with Gasteiger partial charge in [-0.05, 0) is 78.2 Å². The number of methoxy groups -OCH3 is 2. The summed E-state index contributed by atoms with van der Waals surface area (Å²) >= 11 is 5.47. The summed E-state index contributed by atoms with van der Waals surface area (Å²) in [6.45, 7) is 0. The minimum absolute atomic E-state index is 0.00519. The number of pyridine rings is 1. The third kappa shape index (κ3) is 8.77. The van der Waals surface area contributed by atoms with E-state index in [4.69, 9.17) is 30.1 Å². The van der Waals surface area contributed by atoms with Crippen LogP contribution in [0.15, 0.2) is 128 Å². The lowest BCUT2D eigenvalue weighted by atomic mass is 10.1. The molecular formula is C32H29ClNO6P. The van der Waals surface area contributed by atoms with E-state index in [1.807, 2.05) is 30.3 Å². The zero-order chi connectivity index (χ0) is 29.1. The smallest absolute Gasteiger partial charge is 0.728 e. The van der Waals surface area contributed by atoms with Gasteiger partial charge in [0.2, 0.25) is 0 Å². The van der Waals surface area contributed by atoms with Crippen molar-refractivity contribution in [2.45, 2.75) is 6.42 Å². The van der Waals surface area contributed by atoms with Crippen molar-refractivity contribution in [1.29, 1.82) is 0 Å². The summed E-state index contributed by atoms with van der Waals surface area (Å²) in [5.74, 6) is 2.13. The standard InChI is InChI=1S/C26H25NO5P.C6H5ClO/c1-29-23-8-12-25(13-9-23)31-33(28,32-26-14-10-24(30-2)11-15-26)27-18-16-22(17-19-27)20-21-6-4-3-5-7-21;7-5-1-3-6(8)4-2-5/h3-19H,20H2,1-2H3;1-4,8H/q+1;/p-1. The summed E-state index contributed by atoms with van der Waals surface area (Å²) in [5, 5.41) is 11.0. The van der Waals surface area contributed by atoms with E-state index < -0.39 is 7.75 Å². The Bertz CT molecular complexity index is 1470. The quantitative estimate of drug-likeness (QED) is 0.170. The maximum absolute atomic E-state index is 14.0. The van der Waals surface area contributed by atoms with Crippen LogP contribution in [0.5, 0.6) is 28.7 Å². The van der Waals surface area contributed by atoms with Gasteiger partial charge in [0.05, 0.1) is 14.2 Å². The SMILES string of the molecule is COc1ccc(OP(=O)(Oc2ccc(OC)cc2)[n+]2ccc(Cc3ccccc3)cc2)cc1.[O-]c1ccc(Cl)cc1. The summed E-state index contributed by atoms with van der Waals surface area (Å²) in [6.07, 6.45) is 4.20. The molecule has 0 fully saturated rings. The fraction of sp³-hybridized carbons (Fsp3) is 0.0938. The molecule has 41 heavy (non-hydrogen) atoms. The van der Waals surface area contributed by atoms with Crippen molar-refractivity contribution in [2.75, 3.05) is 14.2 Å². The molecule has 0 spiro atoms. The molecule has 0 N–H and O–H groups in total. The summed E-state index contributed by atoms with van der Waals surface area (Å²) in [4.78, 5) is 0. The predicted molar refractivity (Wildman–Crippen MR) is 157 cm³/mol. The first kappa shape index (κ1) is 29.5. The highest BCUT2D eigenvalue weighted by molar-refractivity contribution is 7.47. The van der Waals surface area contributed by atoms with Crippen molar-refractivity contribution in [1.82, 2.24) is 0 Å². The average Bonchev–Trinajstić information content (AvgIpc) is 3.00. The molecule has 0 saturated heterocycles. The predicted octanol–water partition coefficient (Wildman–Crippen LogP) is 7.11. The number of benzene rings is 4. The maximum Gasteiger partial charge on any atom is 0.728 e. The largest absolute Gasteiger partial charge is 0.872 e. The van der Waals surface area contributed by atoms with Gasteiger partial charge in [-0.3, -0.25) is 0 Å². The molecule has 0 radical (unpaired) electrons. The van der Waals surface area contributed by atoms with E-state index in [1.165, 1.54) is 22.0 Å². The van der Waals surface area contributed by atoms with Crippen molar-refractivity contribution in [3.05, 3.63) is 144 Å². The van der Waals surface area contributed by atoms with Crippen LogP contribution in [0.2, 0.25) is 5.02 Å². The topological polar surface area (TPSA) is 80.9 Å². The van der Waals surface area contributed by atoms with E-state index in [1.54, 1.807) is 87.3 Å². The van der Waals surface area contributed by atoms with Crippen LogP contribution in [0.4, 0.5) is 0 Å². The van der Waals surface area contributed by atoms with Crippen LogP contribution in [-0.4, -0.2) is 14.2 Å². The first-order valence-electron chi connectivity index (χ1n) is 12.6. The van der Waals surface area contributed by atoms with Gasteiger partial charge in [0.25, 0.3) is 0 Å². The van der Waals surface area contributed by atoms with Crippen molar-refractivity contribution in [3.63, 3.8) is 0 Å². The highest BCUT2D eigenvalue weighted by atomic mass is 35.5. The fourth-order valence-corrected chi connectivity index (χ4v) is 5.24. The molecular weight excluding hydrogens is 561 g/mol. The van der Waals surface area contributed by atoms with Gasteiger partial charge in [-0.15, -0.1) is 5.75 Å². The molecule has 0 amide bonds. The third-order valence-corrected chi connectivity index (χ3v) is 7.76. The van der Waals surface area contributed by atoms with Gasteiger partial charge in [0.15, 0.2) is 12.4 Å². The van der Waals surface area contributed by atoms with E-state index in [0.717, 1.165) is 12.0 Å². The molecule has 0 atom stereocenters. The highest BCUT2D eigenvalue weighted by Gasteiger charge is 2.42. The fourth-order valence-electron chi connectivity index (χ4n) is 3.65. The van der Waals surface area contributed by atoms with Crippen LogP contribution in [0, 0.1) is 0 Å². The van der Waals surface area contributed by atoms with Gasteiger partial charge in [-0.2, -0.15) is 4.57 Å². The van der Waals surface area contributed by atoms with E-state index in [2.05, 4.69) is 12.1 Å². The monoisotopic (exact) mass is 589 g/mol. The van der Waals surface area contributed by atoms with Crippen LogP contribution in [-0.2, 0) is 11.0 Å². The second-order valence-corrected chi connectivity index (χ2v) is 10.9. The van der Waals surface area contributed by atoms with Crippen LogP contribution in [0.25, 0.3) is 0 Å². The van der Waals surface area contributed by atoms with Crippen LogP contribution in [0.1, 0.15) is 11.1 Å². The number of ether oxygens (including phenoxy) is 2. The molecule has 4 aromatic carbocycles. The number of rotatable bonds is 9. The number of aromatic nitrogens is 1. The normalized spacial score (nSPS) is 10.6. The molecule has 1 heterocycles. The number of halogens is 1. The number of nitrogens with zero attached hydrogens (tertiary/aromatic N) is 1. The molecule has 0 bridgehead atoms. The van der Waals surface area contributed by atoms with E-state index in [9.17, 15) is 9.67 Å². The Morgan fingerprint density at radius 3 is 1.51 bits per heavy atom. The second kappa shape index (κ2) is 14.3. The molecule has 5 aromatic rings. The number of hydrogen-bond acceptors (Lipinski definition) is 6. The molecule has 0 saturated carbocycles. The summed E-state index contributed by atoms with van der Waals surface area (Å²) in [7, 11) is -0.662. The molecule has 0 aliphatic carbocycles. The van der Waals surface area contributed by atoms with Gasteiger partial charge >= 0.3 is 7.75 Å². The maximum atomic E-state index is 14.0. The summed E-state index contributed by atoms with van der Waals surface area (Å²) < 4.78 is 37.7. The van der Waals surface area contributed by atoms with Gasteiger partial charge in [0, 0.05) is 17.2 Å². The Balaban J connectivity index is 0.000000417. The Hall–Kier alpha value is -4.45. The van der Waals surface area contributed by atoms with E-state index in [0.29, 0.717) is 28.0 Å². The Kier molecular flexibility index (Phi) is 10.3. The van der Waals surface area contributed by atoms with Crippen LogP contribution < -0.4 is 28.0 Å². The molecule has 0 aliphatic rings. The van der Waals surface area contributed by atoms with Crippen LogP contribution >= 0.6 is 19.3 Å². The van der Waals surface area contributed by atoms with Gasteiger partial charge in [-0.25, -0.2) is 0 Å². The first-order valence-corrected chi connectivity index (χ1v) is 14.5. The van der Waals surface area contributed by atoms with E-state index in [-0.39, 0.29) is 5.75 Å². The Labute approximate surface area is 244 Å². The molecule has 1 aromatic heterocycles. The van der Waals surface area contributed by atoms with Crippen molar-refractivity contribution < 1.29 is 32.5 Å². The highest BCUT2D eigenvalue weighted by Crippen LogP contribution is 2.44. The molecule has 5 rings (SSSR count). The number of hydrogen-bond donors (Lipinski definition) is 0. The molecule has 7 nitrogen and oxygen atoms in total. The van der Waals surface area contributed by atoms with Crippen LogP contribution in [0.3, 0.4) is 0 Å². The Morgan fingerprint density at radius 2 is 1.07 bits per heavy atom. The summed E-state index contributed by atoms with van der Waals surface area (Å²) in [6, 6.07) is 33.7. The summed E-state index contributed by atoms with van der Waals surface area (Å²) in [5.41, 5.74) is 2.28. The van der Waals surface area contributed by atoms with Gasteiger partial charge in [-0.1, -0.05) is 58.4 Å². The minimum atomic E-state index is -3.83. The zero-order valence-corrected chi connectivity index (χ0v) is 24.2. The average molecular weight is 590 g/mol. The third-order valence-electron chi connectivity index (χ3n) is 5.79. The van der Waals surface area contributed by atoms with Crippen molar-refractivity contribution >= 4 is 19.3 Å². The van der Waals surface area contributed by atoms with E-state index >= 15 is 0 Å². The lowest BCUT2D eigenvalue weighted by molar-refractivity contribution is -0.536. The first-order chi connectivity index (χ1) is 19.9. The zero-order valence-electron chi connectivity index (χ0n) is 22.6. The lowest BCUT2D eigenvalue weighted by Crippen LogP contribution is -2.35. The van der Waals surface area contributed by atoms with Crippen molar-refractivity contribution in [2.24, 2.45) is 0 Å². The second-order valence-electron chi connectivity index (χ2n) is 8.70. The van der Waals surface area contributed by atoms with Gasteiger partial charge in [0.1, 0.15) is 23.0 Å². The molecule has 9 heteroatoms. The molecule has 0 unspecified atom stereocenters. The van der Waals surface area contributed by atoms with Gasteiger partial charge < -0.3 is 23.6 Å². The minimum Gasteiger partial charge on any atom is -0.872 e. The van der Waals surface area contributed by atoms with Crippen molar-refractivity contribution in [3.8, 4) is 28.7 Å². The Morgan fingerprint density at radius 1 is 0.634 bits per heavy atom. The molecule has 0 aliphatic heterocycles.